The van der Waals surface area contributed by atoms with Crippen LogP contribution < -0.4 is 0 Å². The highest BCUT2D eigenvalue weighted by atomic mass is 19.4. The van der Waals surface area contributed by atoms with Crippen molar-refractivity contribution in [1.82, 2.24) is 0 Å². The fraction of sp³-hybridized carbons (Fsp3) is 0.500. The largest absolute Gasteiger partial charge is 0.422 e. The molecule has 0 radical (unpaired) electrons. The molecule has 0 aromatic heterocycles. The zero-order valence-electron chi connectivity index (χ0n) is 10.5. The molecule has 0 aliphatic carbocycles. The second-order valence-corrected chi connectivity index (χ2v) is 2.55. The number of aryl methyl sites for hydroxylation is 1. The summed E-state index contributed by atoms with van der Waals surface area (Å²) in [7, 11) is 0. The van der Waals surface area contributed by atoms with Crippen LogP contribution in [0, 0.1) is 18.6 Å². The first kappa shape index (κ1) is 18.2. The topological polar surface area (TPSA) is 0 Å². The first-order valence-corrected chi connectivity index (χ1v) is 5.36. The van der Waals surface area contributed by atoms with Gasteiger partial charge in [0.2, 0.25) is 0 Å². The first-order valence-electron chi connectivity index (χ1n) is 5.36. The molecule has 0 heterocycles. The van der Waals surface area contributed by atoms with Gasteiger partial charge in [-0.15, -0.1) is 0 Å². The summed E-state index contributed by atoms with van der Waals surface area (Å²) in [4.78, 5) is 0. The predicted octanol–water partition coefficient (Wildman–Crippen LogP) is 5.34. The third kappa shape index (κ3) is 5.15. The molecule has 0 saturated carbocycles. The Kier molecular flexibility index (Phi) is 8.62. The highest BCUT2D eigenvalue weighted by Crippen LogP contribution is 2.34. The molecule has 0 aliphatic heterocycles. The van der Waals surface area contributed by atoms with Crippen LogP contribution in [0.2, 0.25) is 0 Å². The van der Waals surface area contributed by atoms with Crippen LogP contribution in [-0.2, 0) is 6.18 Å². The molecule has 100 valence electrons. The van der Waals surface area contributed by atoms with Gasteiger partial charge >= 0.3 is 6.18 Å². The summed E-state index contributed by atoms with van der Waals surface area (Å²) in [6.45, 7) is 9.14. The van der Waals surface area contributed by atoms with Crippen molar-refractivity contribution in [1.29, 1.82) is 0 Å². The number of benzene rings is 1. The van der Waals surface area contributed by atoms with E-state index in [1.54, 1.807) is 0 Å². The van der Waals surface area contributed by atoms with Crippen molar-refractivity contribution >= 4 is 0 Å². The summed E-state index contributed by atoms with van der Waals surface area (Å²) in [5.41, 5.74) is -2.05. The van der Waals surface area contributed by atoms with E-state index in [4.69, 9.17) is 0 Å². The lowest BCUT2D eigenvalue weighted by Gasteiger charge is -2.09. The Bertz CT molecular complexity index is 328. The van der Waals surface area contributed by atoms with Crippen molar-refractivity contribution < 1.29 is 22.0 Å². The molecule has 0 atom stereocenters. The molecular weight excluding hydrogens is 239 g/mol. The van der Waals surface area contributed by atoms with Gasteiger partial charge in [-0.25, -0.2) is 8.78 Å². The van der Waals surface area contributed by atoms with E-state index in [1.807, 2.05) is 27.7 Å². The maximum atomic E-state index is 12.8. The minimum Gasteiger partial charge on any atom is -0.206 e. The Morgan fingerprint density at radius 2 is 1.29 bits per heavy atom. The van der Waals surface area contributed by atoms with Gasteiger partial charge in [0.1, 0.15) is 17.2 Å². The van der Waals surface area contributed by atoms with Crippen molar-refractivity contribution in [2.75, 3.05) is 0 Å². The maximum Gasteiger partial charge on any atom is 0.422 e. The third-order valence-corrected chi connectivity index (χ3v) is 1.57. The van der Waals surface area contributed by atoms with Crippen LogP contribution in [0.5, 0.6) is 0 Å². The fourth-order valence-electron chi connectivity index (χ4n) is 0.917. The molecule has 1 aromatic rings. The maximum absolute atomic E-state index is 12.8. The number of rotatable bonds is 0. The first-order chi connectivity index (χ1) is 7.84. The average Bonchev–Trinajstić information content (AvgIpc) is 2.28. The molecule has 5 heteroatoms. The zero-order valence-corrected chi connectivity index (χ0v) is 10.5. The molecule has 1 rings (SSSR count). The normalized spacial score (nSPS) is 9.76. The van der Waals surface area contributed by atoms with Crippen molar-refractivity contribution in [2.24, 2.45) is 0 Å². The van der Waals surface area contributed by atoms with Crippen LogP contribution in [-0.4, -0.2) is 0 Å². The number of hydrogen-bond donors (Lipinski definition) is 0. The van der Waals surface area contributed by atoms with E-state index in [0.29, 0.717) is 6.07 Å². The number of hydrogen-bond acceptors (Lipinski definition) is 0. The minimum atomic E-state index is -4.99. The molecule has 0 unspecified atom stereocenters. The monoisotopic (exact) mass is 256 g/mol. The molecule has 0 spiro atoms. The summed E-state index contributed by atoms with van der Waals surface area (Å²) in [6, 6.07) is 1.56. The quantitative estimate of drug-likeness (QED) is 0.549. The smallest absolute Gasteiger partial charge is 0.206 e. The van der Waals surface area contributed by atoms with E-state index in [-0.39, 0.29) is 5.56 Å². The lowest BCUT2D eigenvalue weighted by atomic mass is 10.1. The zero-order chi connectivity index (χ0) is 14.2. The van der Waals surface area contributed by atoms with Crippen LogP contribution in [0.1, 0.15) is 38.8 Å². The van der Waals surface area contributed by atoms with Gasteiger partial charge in [0.25, 0.3) is 0 Å². The lowest BCUT2D eigenvalue weighted by molar-refractivity contribution is -0.142. The predicted molar refractivity (Wildman–Crippen MR) is 58.8 cm³/mol. The van der Waals surface area contributed by atoms with Crippen molar-refractivity contribution in [3.05, 3.63) is 34.9 Å². The SMILES string of the molecule is CC.CC.Cc1ccc(F)c(C(F)(F)F)c1F. The summed E-state index contributed by atoms with van der Waals surface area (Å²) in [6.07, 6.45) is -4.99. The van der Waals surface area contributed by atoms with Crippen LogP contribution in [0.3, 0.4) is 0 Å². The molecule has 0 N–H and O–H groups in total. The molecule has 0 saturated heterocycles. The van der Waals surface area contributed by atoms with E-state index in [0.717, 1.165) is 13.0 Å². The second-order valence-electron chi connectivity index (χ2n) is 2.55. The highest BCUT2D eigenvalue weighted by Gasteiger charge is 2.38. The Morgan fingerprint density at radius 1 is 0.882 bits per heavy atom. The fourth-order valence-corrected chi connectivity index (χ4v) is 0.917. The van der Waals surface area contributed by atoms with Gasteiger partial charge in [0.15, 0.2) is 0 Å². The average molecular weight is 256 g/mol. The van der Waals surface area contributed by atoms with Crippen molar-refractivity contribution in [3.63, 3.8) is 0 Å². The van der Waals surface area contributed by atoms with Gasteiger partial charge in [-0.2, -0.15) is 13.2 Å². The molecule has 1 aromatic carbocycles. The van der Waals surface area contributed by atoms with E-state index < -0.39 is 23.4 Å². The molecule has 0 amide bonds. The standard InChI is InChI=1S/C8H5F5.2C2H6/c1-4-2-3-5(9)6(7(4)10)8(11,12)13;2*1-2/h2-3H,1H3;2*1-2H3. The van der Waals surface area contributed by atoms with Gasteiger partial charge in [-0.05, 0) is 18.6 Å². The Hall–Kier alpha value is -1.13. The van der Waals surface area contributed by atoms with Gasteiger partial charge in [-0.3, -0.25) is 0 Å². The summed E-state index contributed by atoms with van der Waals surface area (Å²) in [5, 5.41) is 0. The number of halogens is 5. The minimum absolute atomic E-state index is 0.228. The summed E-state index contributed by atoms with van der Waals surface area (Å²) < 4.78 is 61.4. The summed E-state index contributed by atoms with van der Waals surface area (Å²) in [5.74, 6) is -3.14. The van der Waals surface area contributed by atoms with E-state index in [2.05, 4.69) is 0 Å². The van der Waals surface area contributed by atoms with E-state index >= 15 is 0 Å². The van der Waals surface area contributed by atoms with Crippen LogP contribution in [0.25, 0.3) is 0 Å². The Labute approximate surface area is 98.5 Å². The molecule has 0 nitrogen and oxygen atoms in total. The third-order valence-electron chi connectivity index (χ3n) is 1.57. The van der Waals surface area contributed by atoms with Gasteiger partial charge in [0.05, 0.1) is 0 Å². The number of alkyl halides is 3. The molecule has 0 fully saturated rings. The van der Waals surface area contributed by atoms with Crippen molar-refractivity contribution in [3.8, 4) is 0 Å². The molecule has 17 heavy (non-hydrogen) atoms. The Balaban J connectivity index is 0. The van der Waals surface area contributed by atoms with Gasteiger partial charge < -0.3 is 0 Å². The molecule has 0 aliphatic rings. The Morgan fingerprint density at radius 3 is 1.59 bits per heavy atom. The highest BCUT2D eigenvalue weighted by molar-refractivity contribution is 5.28. The van der Waals surface area contributed by atoms with Gasteiger partial charge in [-0.1, -0.05) is 33.8 Å². The van der Waals surface area contributed by atoms with Crippen LogP contribution >= 0.6 is 0 Å². The van der Waals surface area contributed by atoms with Crippen LogP contribution in [0.4, 0.5) is 22.0 Å². The second kappa shape index (κ2) is 8.03. The van der Waals surface area contributed by atoms with E-state index in [1.165, 1.54) is 0 Å². The van der Waals surface area contributed by atoms with Gasteiger partial charge in [0, 0.05) is 0 Å². The molecular formula is C12H17F5. The molecule has 0 bridgehead atoms. The van der Waals surface area contributed by atoms with E-state index in [9.17, 15) is 22.0 Å². The van der Waals surface area contributed by atoms with Crippen LogP contribution in [0.15, 0.2) is 12.1 Å². The summed E-state index contributed by atoms with van der Waals surface area (Å²) >= 11 is 0. The van der Waals surface area contributed by atoms with Crippen molar-refractivity contribution in [2.45, 2.75) is 40.8 Å². The lowest BCUT2D eigenvalue weighted by Crippen LogP contribution is -2.12.